The fraction of sp³-hybridized carbons (Fsp3) is 0.579. The van der Waals surface area contributed by atoms with E-state index in [0.29, 0.717) is 5.92 Å². The number of rotatable bonds is 3. The van der Waals surface area contributed by atoms with Gasteiger partial charge in [0.25, 0.3) is 0 Å². The highest BCUT2D eigenvalue weighted by molar-refractivity contribution is 5.68. The molecular weight excluding hydrogens is 270 g/mol. The van der Waals surface area contributed by atoms with E-state index in [9.17, 15) is 0 Å². The molecule has 0 aromatic heterocycles. The molecule has 0 spiro atoms. The van der Waals surface area contributed by atoms with Crippen LogP contribution in [0.25, 0.3) is 0 Å². The molecule has 3 heteroatoms. The molecular formula is C19H27N3. The molecule has 1 saturated heterocycles. The van der Waals surface area contributed by atoms with Crippen molar-refractivity contribution in [3.8, 4) is 0 Å². The third-order valence-electron chi connectivity index (χ3n) is 6.11. The van der Waals surface area contributed by atoms with Crippen LogP contribution in [-0.2, 0) is 0 Å². The number of nitrogens with zero attached hydrogens (tertiary/aromatic N) is 1. The number of likely N-dealkylation sites (tertiary alicyclic amines) is 1. The zero-order valence-electron chi connectivity index (χ0n) is 13.2. The van der Waals surface area contributed by atoms with E-state index in [1.807, 2.05) is 12.1 Å². The van der Waals surface area contributed by atoms with Crippen molar-refractivity contribution in [1.82, 2.24) is 4.90 Å². The lowest BCUT2D eigenvalue weighted by atomic mass is 9.86. The molecule has 0 amide bonds. The van der Waals surface area contributed by atoms with Gasteiger partial charge in [0, 0.05) is 6.54 Å². The summed E-state index contributed by atoms with van der Waals surface area (Å²) in [6.07, 6.45) is 10.2. The number of piperidine rings is 1. The average Bonchev–Trinajstić information content (AvgIpc) is 3.14. The first-order valence-corrected chi connectivity index (χ1v) is 8.75. The minimum absolute atomic E-state index is 0.583. The van der Waals surface area contributed by atoms with Crippen LogP contribution in [0.15, 0.2) is 30.4 Å². The number of allylic oxidation sites excluding steroid dienone is 2. The number of fused-ring (bicyclic) bond motifs is 2. The van der Waals surface area contributed by atoms with Gasteiger partial charge in [-0.2, -0.15) is 0 Å². The van der Waals surface area contributed by atoms with Crippen molar-refractivity contribution >= 4 is 11.4 Å². The normalized spacial score (nSPS) is 31.9. The SMILES string of the molecule is Nc1cccc(C2CCN(CC3C[C@@H]4C=CC3C4)CC2)c1N. The number of nitrogens with two attached hydrogens (primary N) is 2. The smallest absolute Gasteiger partial charge is 0.0583 e. The molecule has 2 fully saturated rings. The van der Waals surface area contributed by atoms with Crippen LogP contribution < -0.4 is 11.5 Å². The Kier molecular flexibility index (Phi) is 3.61. The third-order valence-corrected chi connectivity index (χ3v) is 6.11. The van der Waals surface area contributed by atoms with E-state index in [1.165, 1.54) is 50.9 Å². The maximum Gasteiger partial charge on any atom is 0.0583 e. The van der Waals surface area contributed by atoms with Gasteiger partial charge in [-0.1, -0.05) is 24.3 Å². The average molecular weight is 297 g/mol. The predicted molar refractivity (Wildman–Crippen MR) is 92.5 cm³/mol. The molecule has 118 valence electrons. The molecule has 1 heterocycles. The van der Waals surface area contributed by atoms with Gasteiger partial charge in [-0.3, -0.25) is 0 Å². The summed E-state index contributed by atoms with van der Waals surface area (Å²) in [6, 6.07) is 6.10. The Bertz CT molecular complexity index is 572. The number of hydrogen-bond acceptors (Lipinski definition) is 3. The van der Waals surface area contributed by atoms with Gasteiger partial charge in [0.15, 0.2) is 0 Å². The van der Waals surface area contributed by atoms with Crippen LogP contribution in [0.3, 0.4) is 0 Å². The molecule has 4 N–H and O–H groups in total. The van der Waals surface area contributed by atoms with Gasteiger partial charge in [0.05, 0.1) is 11.4 Å². The molecule has 2 bridgehead atoms. The zero-order chi connectivity index (χ0) is 15.1. The van der Waals surface area contributed by atoms with E-state index < -0.39 is 0 Å². The summed E-state index contributed by atoms with van der Waals surface area (Å²) >= 11 is 0. The molecule has 1 aromatic carbocycles. The van der Waals surface area contributed by atoms with Crippen molar-refractivity contribution < 1.29 is 0 Å². The quantitative estimate of drug-likeness (QED) is 0.665. The van der Waals surface area contributed by atoms with Crippen molar-refractivity contribution in [3.63, 3.8) is 0 Å². The van der Waals surface area contributed by atoms with Gasteiger partial charge in [-0.05, 0) is 74.1 Å². The molecule has 3 atom stereocenters. The third kappa shape index (κ3) is 2.52. The summed E-state index contributed by atoms with van der Waals surface area (Å²) in [5.74, 6) is 3.25. The van der Waals surface area contributed by atoms with Gasteiger partial charge in [0.1, 0.15) is 0 Å². The van der Waals surface area contributed by atoms with Gasteiger partial charge in [-0.15, -0.1) is 0 Å². The Labute approximate surface area is 133 Å². The number of nitrogen functional groups attached to an aromatic ring is 2. The summed E-state index contributed by atoms with van der Waals surface area (Å²) in [5.41, 5.74) is 14.9. The Morgan fingerprint density at radius 1 is 1.05 bits per heavy atom. The second kappa shape index (κ2) is 5.62. The van der Waals surface area contributed by atoms with Crippen LogP contribution in [-0.4, -0.2) is 24.5 Å². The van der Waals surface area contributed by atoms with Gasteiger partial charge < -0.3 is 16.4 Å². The number of benzene rings is 1. The van der Waals surface area contributed by atoms with Crippen molar-refractivity contribution in [1.29, 1.82) is 0 Å². The summed E-state index contributed by atoms with van der Waals surface area (Å²) in [7, 11) is 0. The number of hydrogen-bond donors (Lipinski definition) is 2. The maximum absolute atomic E-state index is 6.17. The van der Waals surface area contributed by atoms with Crippen LogP contribution in [0, 0.1) is 17.8 Å². The Morgan fingerprint density at radius 2 is 1.86 bits per heavy atom. The van der Waals surface area contributed by atoms with E-state index >= 15 is 0 Å². The van der Waals surface area contributed by atoms with Gasteiger partial charge >= 0.3 is 0 Å². The van der Waals surface area contributed by atoms with Crippen LogP contribution in [0.1, 0.15) is 37.2 Å². The van der Waals surface area contributed by atoms with E-state index in [-0.39, 0.29) is 0 Å². The molecule has 0 radical (unpaired) electrons. The highest BCUT2D eigenvalue weighted by atomic mass is 15.1. The van der Waals surface area contributed by atoms with E-state index in [1.54, 1.807) is 0 Å². The van der Waals surface area contributed by atoms with Gasteiger partial charge in [-0.25, -0.2) is 0 Å². The Morgan fingerprint density at radius 3 is 2.55 bits per heavy atom. The monoisotopic (exact) mass is 297 g/mol. The molecule has 1 saturated carbocycles. The van der Waals surface area contributed by atoms with Crippen molar-refractivity contribution in [2.75, 3.05) is 31.1 Å². The largest absolute Gasteiger partial charge is 0.397 e. The van der Waals surface area contributed by atoms with E-state index in [0.717, 1.165) is 29.1 Å². The Hall–Kier alpha value is -1.48. The molecule has 2 aliphatic carbocycles. The van der Waals surface area contributed by atoms with Crippen molar-refractivity contribution in [2.24, 2.45) is 17.8 Å². The second-order valence-corrected chi connectivity index (χ2v) is 7.47. The first-order chi connectivity index (χ1) is 10.7. The second-order valence-electron chi connectivity index (χ2n) is 7.47. The molecule has 22 heavy (non-hydrogen) atoms. The van der Waals surface area contributed by atoms with E-state index in [2.05, 4.69) is 23.1 Å². The van der Waals surface area contributed by atoms with Crippen molar-refractivity contribution in [3.05, 3.63) is 35.9 Å². The fourth-order valence-electron chi connectivity index (χ4n) is 4.82. The minimum atomic E-state index is 0.583. The molecule has 1 aromatic rings. The first kappa shape index (κ1) is 14.1. The standard InChI is InChI=1S/C19H27N3/c20-18-3-1-2-17(19(18)21)14-6-8-22(9-7-14)12-16-11-13-4-5-15(16)10-13/h1-5,13-16H,6-12,20-21H2/t13-,15?,16?/m1/s1. The molecule has 3 aliphatic rings. The summed E-state index contributed by atoms with van der Waals surface area (Å²) < 4.78 is 0. The Balaban J connectivity index is 1.35. The highest BCUT2D eigenvalue weighted by Crippen LogP contribution is 2.44. The predicted octanol–water partition coefficient (Wildman–Crippen LogP) is 3.24. The minimum Gasteiger partial charge on any atom is -0.397 e. The van der Waals surface area contributed by atoms with Crippen LogP contribution in [0.4, 0.5) is 11.4 Å². The van der Waals surface area contributed by atoms with E-state index in [4.69, 9.17) is 11.5 Å². The highest BCUT2D eigenvalue weighted by Gasteiger charge is 2.36. The lowest BCUT2D eigenvalue weighted by Gasteiger charge is -2.35. The lowest BCUT2D eigenvalue weighted by molar-refractivity contribution is 0.172. The number of para-hydroxylation sites is 1. The maximum atomic E-state index is 6.17. The van der Waals surface area contributed by atoms with Crippen LogP contribution >= 0.6 is 0 Å². The lowest BCUT2D eigenvalue weighted by Crippen LogP contribution is -2.37. The fourth-order valence-corrected chi connectivity index (χ4v) is 4.82. The van der Waals surface area contributed by atoms with Crippen LogP contribution in [0.2, 0.25) is 0 Å². The molecule has 2 unspecified atom stereocenters. The van der Waals surface area contributed by atoms with Crippen LogP contribution in [0.5, 0.6) is 0 Å². The topological polar surface area (TPSA) is 55.3 Å². The molecule has 1 aliphatic heterocycles. The van der Waals surface area contributed by atoms with Crippen molar-refractivity contribution in [2.45, 2.75) is 31.6 Å². The summed E-state index contributed by atoms with van der Waals surface area (Å²) in [5, 5.41) is 0. The molecule has 3 nitrogen and oxygen atoms in total. The number of anilines is 2. The van der Waals surface area contributed by atoms with Gasteiger partial charge in [0.2, 0.25) is 0 Å². The summed E-state index contributed by atoms with van der Waals surface area (Å²) in [6.45, 7) is 3.71. The molecule has 4 rings (SSSR count). The zero-order valence-corrected chi connectivity index (χ0v) is 13.2. The first-order valence-electron chi connectivity index (χ1n) is 8.75. The summed E-state index contributed by atoms with van der Waals surface area (Å²) in [4.78, 5) is 2.68.